The van der Waals surface area contributed by atoms with Crippen molar-refractivity contribution in [2.24, 2.45) is 0 Å². The van der Waals surface area contributed by atoms with E-state index in [1.54, 1.807) is 12.1 Å². The first-order valence-electron chi connectivity index (χ1n) is 6.88. The van der Waals surface area contributed by atoms with Crippen LogP contribution in [0.4, 0.5) is 4.79 Å². The van der Waals surface area contributed by atoms with Gasteiger partial charge in [0.2, 0.25) is 0 Å². The number of hydrogen-bond acceptors (Lipinski definition) is 4. The SMILES string of the molecule is CN1C2CCC1CC(OC(=O)Oc1ccccc1)C2. The zero-order valence-corrected chi connectivity index (χ0v) is 11.1. The lowest BCUT2D eigenvalue weighted by atomic mass is 10.0. The molecule has 0 amide bonds. The van der Waals surface area contributed by atoms with Gasteiger partial charge < -0.3 is 14.4 Å². The first kappa shape index (κ1) is 12.5. The largest absolute Gasteiger partial charge is 0.514 e. The molecule has 1 aromatic carbocycles. The number of benzene rings is 1. The van der Waals surface area contributed by atoms with Crippen LogP contribution in [0.2, 0.25) is 0 Å². The number of hydrogen-bond donors (Lipinski definition) is 0. The summed E-state index contributed by atoms with van der Waals surface area (Å²) in [5.74, 6) is 0.531. The van der Waals surface area contributed by atoms with Crippen molar-refractivity contribution < 1.29 is 14.3 Å². The Morgan fingerprint density at radius 3 is 2.42 bits per heavy atom. The average molecular weight is 261 g/mol. The number of nitrogens with zero attached hydrogens (tertiary/aromatic N) is 1. The van der Waals surface area contributed by atoms with Gasteiger partial charge in [-0.3, -0.25) is 0 Å². The molecule has 0 aromatic heterocycles. The molecule has 2 unspecified atom stereocenters. The lowest BCUT2D eigenvalue weighted by Crippen LogP contribution is -2.43. The molecule has 0 aliphatic carbocycles. The third kappa shape index (κ3) is 2.73. The quantitative estimate of drug-likeness (QED) is 0.606. The van der Waals surface area contributed by atoms with Crippen LogP contribution in [0.25, 0.3) is 0 Å². The van der Waals surface area contributed by atoms with Gasteiger partial charge >= 0.3 is 6.16 Å². The lowest BCUT2D eigenvalue weighted by molar-refractivity contribution is 0.00748. The second kappa shape index (κ2) is 5.21. The van der Waals surface area contributed by atoms with Crippen LogP contribution >= 0.6 is 0 Å². The van der Waals surface area contributed by atoms with Crippen LogP contribution in [0.15, 0.2) is 30.3 Å². The highest BCUT2D eigenvalue weighted by molar-refractivity contribution is 5.63. The summed E-state index contributed by atoms with van der Waals surface area (Å²) in [4.78, 5) is 14.2. The Kier molecular flexibility index (Phi) is 3.42. The van der Waals surface area contributed by atoms with E-state index in [0.29, 0.717) is 17.8 Å². The number of para-hydroxylation sites is 1. The Morgan fingerprint density at radius 1 is 1.16 bits per heavy atom. The Labute approximate surface area is 113 Å². The third-order valence-corrected chi connectivity index (χ3v) is 4.26. The highest BCUT2D eigenvalue weighted by Crippen LogP contribution is 2.35. The molecule has 0 saturated carbocycles. The normalized spacial score (nSPS) is 30.1. The topological polar surface area (TPSA) is 38.8 Å². The van der Waals surface area contributed by atoms with Crippen LogP contribution < -0.4 is 4.74 Å². The van der Waals surface area contributed by atoms with Crippen molar-refractivity contribution in [3.05, 3.63) is 30.3 Å². The molecule has 0 N–H and O–H groups in total. The van der Waals surface area contributed by atoms with Gasteiger partial charge in [0.15, 0.2) is 0 Å². The molecule has 2 bridgehead atoms. The summed E-state index contributed by atoms with van der Waals surface area (Å²) >= 11 is 0. The fourth-order valence-electron chi connectivity index (χ4n) is 3.20. The lowest BCUT2D eigenvalue weighted by Gasteiger charge is -2.35. The van der Waals surface area contributed by atoms with Gasteiger partial charge in [-0.1, -0.05) is 18.2 Å². The van der Waals surface area contributed by atoms with Crippen molar-refractivity contribution in [2.45, 2.75) is 43.9 Å². The average Bonchev–Trinajstić information content (AvgIpc) is 2.63. The van der Waals surface area contributed by atoms with Crippen LogP contribution in [0, 0.1) is 0 Å². The highest BCUT2D eigenvalue weighted by Gasteiger charge is 2.40. The van der Waals surface area contributed by atoms with E-state index in [-0.39, 0.29) is 6.10 Å². The molecular weight excluding hydrogens is 242 g/mol. The summed E-state index contributed by atoms with van der Waals surface area (Å²) < 4.78 is 10.6. The molecule has 102 valence electrons. The summed E-state index contributed by atoms with van der Waals surface area (Å²) in [6, 6.07) is 10.2. The predicted molar refractivity (Wildman–Crippen MR) is 71.1 cm³/mol. The number of carbonyl (C=O) groups excluding carboxylic acids is 1. The van der Waals surface area contributed by atoms with Crippen molar-refractivity contribution in [3.8, 4) is 5.75 Å². The smallest absolute Gasteiger partial charge is 0.431 e. The van der Waals surface area contributed by atoms with Crippen molar-refractivity contribution in [1.82, 2.24) is 4.90 Å². The first-order chi connectivity index (χ1) is 9.22. The molecule has 19 heavy (non-hydrogen) atoms. The minimum Gasteiger partial charge on any atom is -0.431 e. The fourth-order valence-corrected chi connectivity index (χ4v) is 3.20. The number of rotatable bonds is 2. The van der Waals surface area contributed by atoms with Gasteiger partial charge in [-0.25, -0.2) is 4.79 Å². The molecule has 1 aromatic rings. The summed E-state index contributed by atoms with van der Waals surface area (Å²) in [7, 11) is 2.17. The van der Waals surface area contributed by atoms with E-state index in [1.807, 2.05) is 18.2 Å². The minimum atomic E-state index is -0.583. The number of ether oxygens (including phenoxy) is 2. The van der Waals surface area contributed by atoms with Crippen LogP contribution in [0.5, 0.6) is 5.75 Å². The molecule has 2 heterocycles. The van der Waals surface area contributed by atoms with E-state index in [0.717, 1.165) is 12.8 Å². The van der Waals surface area contributed by atoms with Crippen molar-refractivity contribution in [3.63, 3.8) is 0 Å². The predicted octanol–water partition coefficient (Wildman–Crippen LogP) is 2.83. The van der Waals surface area contributed by atoms with Gasteiger partial charge in [0, 0.05) is 24.9 Å². The minimum absolute atomic E-state index is 0.00455. The van der Waals surface area contributed by atoms with E-state index in [4.69, 9.17) is 9.47 Å². The molecule has 4 heteroatoms. The maximum atomic E-state index is 11.7. The van der Waals surface area contributed by atoms with Crippen molar-refractivity contribution in [2.75, 3.05) is 7.05 Å². The monoisotopic (exact) mass is 261 g/mol. The number of fused-ring (bicyclic) bond motifs is 2. The van der Waals surface area contributed by atoms with Gasteiger partial charge in [-0.05, 0) is 32.0 Å². The van der Waals surface area contributed by atoms with E-state index in [9.17, 15) is 4.79 Å². The van der Waals surface area contributed by atoms with Gasteiger partial charge in [0.25, 0.3) is 0 Å². The summed E-state index contributed by atoms with van der Waals surface area (Å²) in [5.41, 5.74) is 0. The number of piperidine rings is 1. The van der Waals surface area contributed by atoms with Crippen LogP contribution in [0.1, 0.15) is 25.7 Å². The summed E-state index contributed by atoms with van der Waals surface area (Å²) in [5, 5.41) is 0. The Morgan fingerprint density at radius 2 is 1.79 bits per heavy atom. The van der Waals surface area contributed by atoms with E-state index in [2.05, 4.69) is 11.9 Å². The fraction of sp³-hybridized carbons (Fsp3) is 0.533. The van der Waals surface area contributed by atoms with Crippen LogP contribution in [0.3, 0.4) is 0 Å². The molecule has 0 spiro atoms. The standard InChI is InChI=1S/C15H19NO3/c1-16-11-7-8-12(16)10-14(9-11)19-15(17)18-13-5-3-2-4-6-13/h2-6,11-12,14H,7-10H2,1H3. The maximum Gasteiger partial charge on any atom is 0.514 e. The van der Waals surface area contributed by atoms with E-state index in [1.165, 1.54) is 12.8 Å². The van der Waals surface area contributed by atoms with Crippen LogP contribution in [-0.4, -0.2) is 36.3 Å². The molecular formula is C15H19NO3. The molecule has 2 saturated heterocycles. The summed E-state index contributed by atoms with van der Waals surface area (Å²) in [6.07, 6.45) is 3.71. The molecule has 0 radical (unpaired) electrons. The number of carbonyl (C=O) groups is 1. The third-order valence-electron chi connectivity index (χ3n) is 4.26. The van der Waals surface area contributed by atoms with Gasteiger partial charge in [0.05, 0.1) is 0 Å². The molecule has 3 rings (SSSR count). The van der Waals surface area contributed by atoms with Gasteiger partial charge in [-0.2, -0.15) is 0 Å². The summed E-state index contributed by atoms with van der Waals surface area (Å²) in [6.45, 7) is 0. The molecule has 2 aliphatic heterocycles. The Bertz CT molecular complexity index is 434. The van der Waals surface area contributed by atoms with Crippen molar-refractivity contribution in [1.29, 1.82) is 0 Å². The zero-order valence-electron chi connectivity index (χ0n) is 11.1. The van der Waals surface area contributed by atoms with E-state index >= 15 is 0 Å². The molecule has 2 aliphatic rings. The maximum absolute atomic E-state index is 11.7. The van der Waals surface area contributed by atoms with Gasteiger partial charge in [-0.15, -0.1) is 0 Å². The van der Waals surface area contributed by atoms with E-state index < -0.39 is 6.16 Å². The van der Waals surface area contributed by atoms with Crippen LogP contribution in [-0.2, 0) is 4.74 Å². The molecule has 2 fully saturated rings. The van der Waals surface area contributed by atoms with Crippen molar-refractivity contribution >= 4 is 6.16 Å². The Hall–Kier alpha value is -1.55. The second-order valence-electron chi connectivity index (χ2n) is 5.43. The highest BCUT2D eigenvalue weighted by atomic mass is 16.7. The first-order valence-corrected chi connectivity index (χ1v) is 6.88. The second-order valence-corrected chi connectivity index (χ2v) is 5.43. The molecule has 4 nitrogen and oxygen atoms in total. The zero-order chi connectivity index (χ0) is 13.2. The van der Waals surface area contributed by atoms with Gasteiger partial charge in [0.1, 0.15) is 11.9 Å². The molecule has 2 atom stereocenters. The Balaban J connectivity index is 1.53.